The lowest BCUT2D eigenvalue weighted by molar-refractivity contribution is 0.0633. The van der Waals surface area contributed by atoms with Crippen LogP contribution < -0.4 is 4.74 Å². The van der Waals surface area contributed by atoms with E-state index in [9.17, 15) is 9.18 Å². The highest BCUT2D eigenvalue weighted by Gasteiger charge is 2.38. The second-order valence-corrected chi connectivity index (χ2v) is 9.07. The molecular weight excluding hydrogens is 411 g/mol. The predicted molar refractivity (Wildman–Crippen MR) is 122 cm³/mol. The van der Waals surface area contributed by atoms with Gasteiger partial charge in [0, 0.05) is 19.0 Å². The van der Waals surface area contributed by atoms with Crippen molar-refractivity contribution in [3.63, 3.8) is 0 Å². The van der Waals surface area contributed by atoms with Crippen LogP contribution in [0.2, 0.25) is 0 Å². The van der Waals surface area contributed by atoms with Crippen molar-refractivity contribution in [1.29, 1.82) is 0 Å². The van der Waals surface area contributed by atoms with Crippen molar-refractivity contribution in [2.75, 3.05) is 13.2 Å². The lowest BCUT2D eigenvalue weighted by atomic mass is 10.1. The monoisotopic (exact) mass is 438 g/mol. The van der Waals surface area contributed by atoms with Crippen molar-refractivity contribution in [3.8, 4) is 16.2 Å². The maximum absolute atomic E-state index is 13.6. The summed E-state index contributed by atoms with van der Waals surface area (Å²) < 4.78 is 18.9. The SMILES string of the molecule is CCN(C(=O)c1nc(C)sc1-c1ccccc1)C(CCOc1ccc(F)cc1)C1CC1. The molecule has 1 aliphatic rings. The van der Waals surface area contributed by atoms with E-state index in [1.54, 1.807) is 23.5 Å². The van der Waals surface area contributed by atoms with Crippen LogP contribution in [-0.2, 0) is 0 Å². The summed E-state index contributed by atoms with van der Waals surface area (Å²) in [6.07, 6.45) is 3.00. The molecule has 1 saturated carbocycles. The maximum Gasteiger partial charge on any atom is 0.274 e. The Morgan fingerprint density at radius 3 is 2.55 bits per heavy atom. The zero-order valence-electron chi connectivity index (χ0n) is 17.9. The van der Waals surface area contributed by atoms with Gasteiger partial charge in [0.05, 0.1) is 16.5 Å². The summed E-state index contributed by atoms with van der Waals surface area (Å²) >= 11 is 1.56. The number of amides is 1. The van der Waals surface area contributed by atoms with Gasteiger partial charge in [-0.1, -0.05) is 30.3 Å². The van der Waals surface area contributed by atoms with Gasteiger partial charge in [0.2, 0.25) is 0 Å². The second-order valence-electron chi connectivity index (χ2n) is 7.86. The number of hydrogen-bond acceptors (Lipinski definition) is 4. The van der Waals surface area contributed by atoms with Gasteiger partial charge in [-0.3, -0.25) is 4.79 Å². The van der Waals surface area contributed by atoms with Gasteiger partial charge < -0.3 is 9.64 Å². The van der Waals surface area contributed by atoms with Crippen LogP contribution in [0.15, 0.2) is 54.6 Å². The standard InChI is InChI=1S/C25H27FN2O2S/c1-3-28(22(18-9-10-18)15-16-30-21-13-11-20(26)12-14-21)25(29)23-24(31-17(2)27-23)19-7-5-4-6-8-19/h4-8,11-14,18,22H,3,9-10,15-16H2,1-2H3. The Morgan fingerprint density at radius 1 is 1.19 bits per heavy atom. The fraction of sp³-hybridized carbons (Fsp3) is 0.360. The van der Waals surface area contributed by atoms with Gasteiger partial charge in [0.15, 0.2) is 0 Å². The molecule has 1 aromatic heterocycles. The van der Waals surface area contributed by atoms with E-state index >= 15 is 0 Å². The Balaban J connectivity index is 1.51. The first-order chi connectivity index (χ1) is 15.1. The first kappa shape index (κ1) is 21.5. The molecule has 2 aromatic carbocycles. The third-order valence-corrected chi connectivity index (χ3v) is 6.66. The topological polar surface area (TPSA) is 42.4 Å². The highest BCUT2D eigenvalue weighted by Crippen LogP contribution is 2.38. The highest BCUT2D eigenvalue weighted by atomic mass is 32.1. The normalized spacial score (nSPS) is 14.3. The summed E-state index contributed by atoms with van der Waals surface area (Å²) in [6.45, 7) is 5.08. The number of rotatable bonds is 9. The van der Waals surface area contributed by atoms with Gasteiger partial charge in [0.1, 0.15) is 17.3 Å². The molecular formula is C25H27FN2O2S. The summed E-state index contributed by atoms with van der Waals surface area (Å²) in [6, 6.07) is 16.2. The maximum atomic E-state index is 13.6. The molecule has 1 aliphatic carbocycles. The lowest BCUT2D eigenvalue weighted by Gasteiger charge is -2.31. The molecule has 4 rings (SSSR count). The summed E-state index contributed by atoms with van der Waals surface area (Å²) in [4.78, 5) is 21.1. The Hall–Kier alpha value is -2.73. The van der Waals surface area contributed by atoms with Crippen LogP contribution in [-0.4, -0.2) is 35.0 Å². The van der Waals surface area contributed by atoms with Gasteiger partial charge >= 0.3 is 0 Å². The molecule has 0 radical (unpaired) electrons. The van der Waals surface area contributed by atoms with Crippen LogP contribution in [0.25, 0.3) is 10.4 Å². The molecule has 1 heterocycles. The smallest absolute Gasteiger partial charge is 0.274 e. The van der Waals surface area contributed by atoms with Crippen LogP contribution >= 0.6 is 11.3 Å². The van der Waals surface area contributed by atoms with Crippen LogP contribution in [0.1, 0.15) is 41.7 Å². The minimum absolute atomic E-state index is 0.00983. The summed E-state index contributed by atoms with van der Waals surface area (Å²) in [5.74, 6) is 0.857. The van der Waals surface area contributed by atoms with Crippen molar-refractivity contribution < 1.29 is 13.9 Å². The summed E-state index contributed by atoms with van der Waals surface area (Å²) in [5.41, 5.74) is 1.57. The van der Waals surface area contributed by atoms with Gasteiger partial charge in [0.25, 0.3) is 5.91 Å². The average molecular weight is 439 g/mol. The molecule has 1 fully saturated rings. The molecule has 0 bridgehead atoms. The van der Waals surface area contributed by atoms with Crippen LogP contribution in [0, 0.1) is 18.7 Å². The molecule has 162 valence electrons. The van der Waals surface area contributed by atoms with E-state index in [-0.39, 0.29) is 17.8 Å². The third kappa shape index (κ3) is 5.13. The van der Waals surface area contributed by atoms with Crippen molar-refractivity contribution in [3.05, 3.63) is 71.1 Å². The zero-order chi connectivity index (χ0) is 21.8. The van der Waals surface area contributed by atoms with Crippen LogP contribution in [0.3, 0.4) is 0 Å². The van der Waals surface area contributed by atoms with Crippen LogP contribution in [0.5, 0.6) is 5.75 Å². The highest BCUT2D eigenvalue weighted by molar-refractivity contribution is 7.15. The quantitative estimate of drug-likeness (QED) is 0.413. The van der Waals surface area contributed by atoms with E-state index in [0.717, 1.165) is 34.7 Å². The minimum atomic E-state index is -0.279. The number of halogens is 1. The predicted octanol–water partition coefficient (Wildman–Crippen LogP) is 5.97. The van der Waals surface area contributed by atoms with E-state index in [0.29, 0.717) is 30.5 Å². The average Bonchev–Trinajstić information content (AvgIpc) is 3.55. The fourth-order valence-electron chi connectivity index (χ4n) is 3.98. The van der Waals surface area contributed by atoms with E-state index in [1.165, 1.54) is 12.1 Å². The van der Waals surface area contributed by atoms with E-state index in [2.05, 4.69) is 4.98 Å². The lowest BCUT2D eigenvalue weighted by Crippen LogP contribution is -2.42. The number of ether oxygens (including phenoxy) is 1. The summed E-state index contributed by atoms with van der Waals surface area (Å²) in [5, 5.41) is 0.890. The number of hydrogen-bond donors (Lipinski definition) is 0. The molecule has 4 nitrogen and oxygen atoms in total. The number of carbonyl (C=O) groups is 1. The Morgan fingerprint density at radius 2 is 1.90 bits per heavy atom. The molecule has 1 unspecified atom stereocenters. The molecule has 1 atom stereocenters. The molecule has 6 heteroatoms. The number of benzene rings is 2. The first-order valence-electron chi connectivity index (χ1n) is 10.8. The number of nitrogens with zero attached hydrogens (tertiary/aromatic N) is 2. The molecule has 0 N–H and O–H groups in total. The summed E-state index contributed by atoms with van der Waals surface area (Å²) in [7, 11) is 0. The van der Waals surface area contributed by atoms with Crippen molar-refractivity contribution in [2.45, 2.75) is 39.2 Å². The van der Waals surface area contributed by atoms with Crippen molar-refractivity contribution in [2.24, 2.45) is 5.92 Å². The van der Waals surface area contributed by atoms with Crippen molar-refractivity contribution in [1.82, 2.24) is 9.88 Å². The minimum Gasteiger partial charge on any atom is -0.494 e. The molecule has 1 amide bonds. The van der Waals surface area contributed by atoms with E-state index in [4.69, 9.17) is 4.74 Å². The molecule has 0 spiro atoms. The van der Waals surface area contributed by atoms with Gasteiger partial charge in [-0.05, 0) is 62.4 Å². The Kier molecular flexibility index (Phi) is 6.66. The number of aryl methyl sites for hydroxylation is 1. The van der Waals surface area contributed by atoms with Crippen LogP contribution in [0.4, 0.5) is 4.39 Å². The first-order valence-corrected chi connectivity index (χ1v) is 11.6. The molecule has 0 saturated heterocycles. The fourth-order valence-corrected chi connectivity index (χ4v) is 4.89. The second kappa shape index (κ2) is 9.60. The number of aromatic nitrogens is 1. The molecule has 0 aliphatic heterocycles. The number of carbonyl (C=O) groups excluding carboxylic acids is 1. The van der Waals surface area contributed by atoms with Crippen molar-refractivity contribution >= 4 is 17.2 Å². The van der Waals surface area contributed by atoms with E-state index < -0.39 is 0 Å². The van der Waals surface area contributed by atoms with Gasteiger partial charge in [-0.15, -0.1) is 11.3 Å². The number of thiazole rings is 1. The molecule has 3 aromatic rings. The molecule has 31 heavy (non-hydrogen) atoms. The largest absolute Gasteiger partial charge is 0.494 e. The van der Waals surface area contributed by atoms with Gasteiger partial charge in [-0.2, -0.15) is 0 Å². The Bertz CT molecular complexity index is 1020. The van der Waals surface area contributed by atoms with E-state index in [1.807, 2.05) is 49.1 Å². The zero-order valence-corrected chi connectivity index (χ0v) is 18.7. The Labute approximate surface area is 186 Å². The van der Waals surface area contributed by atoms with Gasteiger partial charge in [-0.25, -0.2) is 9.37 Å². The third-order valence-electron chi connectivity index (χ3n) is 5.64.